The summed E-state index contributed by atoms with van der Waals surface area (Å²) in [5.41, 5.74) is 2.31. The summed E-state index contributed by atoms with van der Waals surface area (Å²) in [6.45, 7) is 1.99. The van der Waals surface area contributed by atoms with Crippen LogP contribution in [0.3, 0.4) is 0 Å². The van der Waals surface area contributed by atoms with Crippen LogP contribution in [-0.2, 0) is 0 Å². The smallest absolute Gasteiger partial charge is 0.222 e. The summed E-state index contributed by atoms with van der Waals surface area (Å²) in [6, 6.07) is 0. The van der Waals surface area contributed by atoms with Crippen LogP contribution in [0.15, 0.2) is 6.20 Å². The van der Waals surface area contributed by atoms with Crippen LogP contribution in [0.25, 0.3) is 0 Å². The van der Waals surface area contributed by atoms with Crippen LogP contribution in [0, 0.1) is 6.92 Å². The molecule has 1 saturated carbocycles. The molecule has 2 rings (SSSR count). The normalized spacial score (nSPS) is 16.9. The van der Waals surface area contributed by atoms with Crippen molar-refractivity contribution in [2.24, 2.45) is 0 Å². The topological polar surface area (TPSA) is 25.8 Å². The van der Waals surface area contributed by atoms with Crippen LogP contribution >= 0.6 is 11.6 Å². The molecule has 0 spiro atoms. The Balaban J connectivity index is 2.39. The van der Waals surface area contributed by atoms with E-state index in [1.165, 1.54) is 18.4 Å². The number of halogens is 1. The first-order valence-electron chi connectivity index (χ1n) is 3.76. The number of nitrogens with zero attached hydrogens (tertiary/aromatic N) is 2. The molecule has 1 fully saturated rings. The largest absolute Gasteiger partial charge is 0.226 e. The molecule has 0 N–H and O–H groups in total. The van der Waals surface area contributed by atoms with E-state index in [9.17, 15) is 0 Å². The fourth-order valence-electron chi connectivity index (χ4n) is 1.24. The molecule has 1 heterocycles. The van der Waals surface area contributed by atoms with E-state index >= 15 is 0 Å². The second-order valence-electron chi connectivity index (χ2n) is 2.95. The number of hydrogen-bond donors (Lipinski definition) is 0. The van der Waals surface area contributed by atoms with E-state index in [0.717, 1.165) is 5.69 Å². The van der Waals surface area contributed by atoms with Gasteiger partial charge in [-0.05, 0) is 42.8 Å². The van der Waals surface area contributed by atoms with Crippen molar-refractivity contribution in [3.63, 3.8) is 0 Å². The monoisotopic (exact) mass is 168 g/mol. The van der Waals surface area contributed by atoms with Gasteiger partial charge in [-0.1, -0.05) is 0 Å². The maximum absolute atomic E-state index is 5.62. The second-order valence-corrected chi connectivity index (χ2v) is 3.29. The fraction of sp³-hybridized carbons (Fsp3) is 0.500. The lowest BCUT2D eigenvalue weighted by molar-refractivity contribution is 0.987. The van der Waals surface area contributed by atoms with Crippen LogP contribution in [0.4, 0.5) is 0 Å². The minimum atomic E-state index is 0.354. The van der Waals surface area contributed by atoms with Gasteiger partial charge in [0, 0.05) is 11.9 Å². The van der Waals surface area contributed by atoms with Gasteiger partial charge in [0.25, 0.3) is 0 Å². The summed E-state index contributed by atoms with van der Waals surface area (Å²) in [7, 11) is 0. The molecule has 0 radical (unpaired) electrons. The Labute approximate surface area is 70.6 Å². The fourth-order valence-corrected chi connectivity index (χ4v) is 1.42. The minimum absolute atomic E-state index is 0.354. The molecule has 58 valence electrons. The molecule has 11 heavy (non-hydrogen) atoms. The molecule has 0 bridgehead atoms. The summed E-state index contributed by atoms with van der Waals surface area (Å²) >= 11 is 5.62. The lowest BCUT2D eigenvalue weighted by Crippen LogP contribution is -1.92. The number of hydrogen-bond acceptors (Lipinski definition) is 2. The van der Waals surface area contributed by atoms with Gasteiger partial charge >= 0.3 is 0 Å². The van der Waals surface area contributed by atoms with Crippen LogP contribution in [0.5, 0.6) is 0 Å². The predicted octanol–water partition coefficient (Wildman–Crippen LogP) is 2.32. The first kappa shape index (κ1) is 7.04. The summed E-state index contributed by atoms with van der Waals surface area (Å²) in [6.07, 6.45) is 4.42. The van der Waals surface area contributed by atoms with E-state index < -0.39 is 0 Å². The van der Waals surface area contributed by atoms with Gasteiger partial charge in [-0.2, -0.15) is 0 Å². The summed E-state index contributed by atoms with van der Waals surface area (Å²) in [5.74, 6) is 0.715. The molecule has 2 nitrogen and oxygen atoms in total. The summed E-state index contributed by atoms with van der Waals surface area (Å²) < 4.78 is 0. The molecule has 1 aliphatic rings. The van der Waals surface area contributed by atoms with Crippen molar-refractivity contribution >= 4 is 11.6 Å². The predicted molar refractivity (Wildman–Crippen MR) is 43.8 cm³/mol. The Hall–Kier alpha value is -0.630. The van der Waals surface area contributed by atoms with Crippen molar-refractivity contribution in [3.05, 3.63) is 22.7 Å². The summed E-state index contributed by atoms with van der Waals surface area (Å²) in [5, 5.41) is 0.354. The number of rotatable bonds is 1. The zero-order valence-corrected chi connectivity index (χ0v) is 7.10. The molecule has 0 amide bonds. The van der Waals surface area contributed by atoms with Gasteiger partial charge in [0.1, 0.15) is 0 Å². The Bertz CT molecular complexity index is 281. The zero-order chi connectivity index (χ0) is 7.84. The van der Waals surface area contributed by atoms with Gasteiger partial charge in [-0.15, -0.1) is 0 Å². The Morgan fingerprint density at radius 3 is 2.82 bits per heavy atom. The summed E-state index contributed by atoms with van der Waals surface area (Å²) in [4.78, 5) is 8.04. The molecule has 1 aromatic heterocycles. The molecule has 1 aromatic rings. The second kappa shape index (κ2) is 2.45. The lowest BCUT2D eigenvalue weighted by Gasteiger charge is -2.00. The van der Waals surface area contributed by atoms with Crippen molar-refractivity contribution in [2.75, 3.05) is 0 Å². The first-order chi connectivity index (χ1) is 5.27. The Morgan fingerprint density at radius 2 is 2.27 bits per heavy atom. The van der Waals surface area contributed by atoms with Crippen LogP contribution in [0.2, 0.25) is 5.28 Å². The quantitative estimate of drug-likeness (QED) is 0.602. The Morgan fingerprint density at radius 1 is 1.55 bits per heavy atom. The van der Waals surface area contributed by atoms with Crippen molar-refractivity contribution in [1.29, 1.82) is 0 Å². The van der Waals surface area contributed by atoms with Crippen LogP contribution in [0.1, 0.15) is 30.0 Å². The molecular formula is C8H9ClN2. The third-order valence-electron chi connectivity index (χ3n) is 2.01. The molecular weight excluding hydrogens is 160 g/mol. The van der Waals surface area contributed by atoms with Crippen molar-refractivity contribution in [1.82, 2.24) is 9.97 Å². The highest BCUT2D eigenvalue weighted by molar-refractivity contribution is 6.28. The lowest BCUT2D eigenvalue weighted by atomic mass is 10.1. The third-order valence-corrected chi connectivity index (χ3v) is 2.19. The van der Waals surface area contributed by atoms with Gasteiger partial charge in [0.05, 0.1) is 0 Å². The maximum atomic E-state index is 5.62. The molecule has 0 aromatic carbocycles. The molecule has 0 unspecified atom stereocenters. The van der Waals surface area contributed by atoms with E-state index in [2.05, 4.69) is 9.97 Å². The molecule has 1 aliphatic carbocycles. The van der Waals surface area contributed by atoms with E-state index in [1.807, 2.05) is 13.1 Å². The highest BCUT2D eigenvalue weighted by Gasteiger charge is 2.25. The first-order valence-corrected chi connectivity index (χ1v) is 4.14. The molecule has 0 saturated heterocycles. The highest BCUT2D eigenvalue weighted by atomic mass is 35.5. The number of aromatic nitrogens is 2. The average molecular weight is 169 g/mol. The van der Waals surface area contributed by atoms with E-state index in [4.69, 9.17) is 11.6 Å². The SMILES string of the molecule is Cc1nc(Cl)ncc1C1CC1. The van der Waals surface area contributed by atoms with Gasteiger partial charge < -0.3 is 0 Å². The standard InChI is InChI=1S/C8H9ClN2/c1-5-7(6-2-3-6)4-10-8(9)11-5/h4,6H,2-3H2,1H3. The van der Waals surface area contributed by atoms with Crippen LogP contribution < -0.4 is 0 Å². The number of aryl methyl sites for hydroxylation is 1. The minimum Gasteiger partial charge on any atom is -0.226 e. The average Bonchev–Trinajstić information content (AvgIpc) is 2.70. The van der Waals surface area contributed by atoms with E-state index in [0.29, 0.717) is 11.2 Å². The van der Waals surface area contributed by atoms with Crippen molar-refractivity contribution < 1.29 is 0 Å². The van der Waals surface area contributed by atoms with E-state index in [-0.39, 0.29) is 0 Å². The van der Waals surface area contributed by atoms with Crippen LogP contribution in [-0.4, -0.2) is 9.97 Å². The zero-order valence-electron chi connectivity index (χ0n) is 6.34. The Kier molecular flexibility index (Phi) is 1.57. The third kappa shape index (κ3) is 1.36. The van der Waals surface area contributed by atoms with Gasteiger partial charge in [-0.25, -0.2) is 9.97 Å². The van der Waals surface area contributed by atoms with Gasteiger partial charge in [0.2, 0.25) is 5.28 Å². The van der Waals surface area contributed by atoms with Gasteiger partial charge in [-0.3, -0.25) is 0 Å². The van der Waals surface area contributed by atoms with Gasteiger partial charge in [0.15, 0.2) is 0 Å². The molecule has 3 heteroatoms. The van der Waals surface area contributed by atoms with E-state index in [1.54, 1.807) is 0 Å². The van der Waals surface area contributed by atoms with Crippen molar-refractivity contribution in [2.45, 2.75) is 25.7 Å². The molecule has 0 aliphatic heterocycles. The van der Waals surface area contributed by atoms with Crippen molar-refractivity contribution in [3.8, 4) is 0 Å². The molecule has 0 atom stereocenters. The highest BCUT2D eigenvalue weighted by Crippen LogP contribution is 2.40. The maximum Gasteiger partial charge on any atom is 0.222 e.